The molecule has 0 radical (unpaired) electrons. The molecule has 0 rings (SSSR count). The molecule has 0 aromatic carbocycles. The summed E-state index contributed by atoms with van der Waals surface area (Å²) >= 11 is 0. The average Bonchev–Trinajstić information content (AvgIpc) is 1.97. The van der Waals surface area contributed by atoms with Crippen molar-refractivity contribution >= 4 is 0 Å². The molecule has 1 nitrogen and oxygen atoms in total. The zero-order valence-electron chi connectivity index (χ0n) is 6.51. The van der Waals surface area contributed by atoms with E-state index in [4.69, 9.17) is 0 Å². The Kier molecular flexibility index (Phi) is 7.51. The molecule has 0 amide bonds. The first-order valence-corrected chi connectivity index (χ1v) is 3.51. The highest BCUT2D eigenvalue weighted by atomic mass is 14.8. The first-order valence-electron chi connectivity index (χ1n) is 3.51. The molecule has 0 unspecified atom stereocenters. The maximum absolute atomic E-state index is 3.57. The summed E-state index contributed by atoms with van der Waals surface area (Å²) in [6.07, 6.45) is 9.86. The van der Waals surface area contributed by atoms with E-state index >= 15 is 0 Å². The summed E-state index contributed by atoms with van der Waals surface area (Å²) in [6.45, 7) is 7.44. The van der Waals surface area contributed by atoms with Gasteiger partial charge in [-0.15, -0.1) is 0 Å². The lowest BCUT2D eigenvalue weighted by molar-refractivity contribution is 0.842. The SMILES string of the molecule is C=C/C=C\CNC/C=C/C. The second-order valence-electron chi connectivity index (χ2n) is 1.89. The Hall–Kier alpha value is -0.820. The molecular formula is C9H15N. The van der Waals surface area contributed by atoms with Crippen molar-refractivity contribution in [3.05, 3.63) is 37.0 Å². The minimum Gasteiger partial charge on any atom is -0.310 e. The van der Waals surface area contributed by atoms with Crippen molar-refractivity contribution in [3.8, 4) is 0 Å². The zero-order chi connectivity index (χ0) is 7.66. The topological polar surface area (TPSA) is 12.0 Å². The van der Waals surface area contributed by atoms with Crippen molar-refractivity contribution in [2.75, 3.05) is 13.1 Å². The lowest BCUT2D eigenvalue weighted by atomic mass is 10.4. The molecule has 0 aliphatic carbocycles. The molecule has 0 spiro atoms. The van der Waals surface area contributed by atoms with E-state index < -0.39 is 0 Å². The van der Waals surface area contributed by atoms with E-state index in [9.17, 15) is 0 Å². The van der Waals surface area contributed by atoms with E-state index in [1.807, 2.05) is 25.2 Å². The van der Waals surface area contributed by atoms with E-state index in [-0.39, 0.29) is 0 Å². The maximum Gasteiger partial charge on any atom is 0.0140 e. The van der Waals surface area contributed by atoms with Gasteiger partial charge in [-0.05, 0) is 6.92 Å². The highest BCUT2D eigenvalue weighted by molar-refractivity contribution is 4.98. The van der Waals surface area contributed by atoms with Crippen molar-refractivity contribution in [1.82, 2.24) is 5.32 Å². The predicted octanol–water partition coefficient (Wildman–Crippen LogP) is 1.89. The van der Waals surface area contributed by atoms with Crippen LogP contribution < -0.4 is 5.32 Å². The Morgan fingerprint density at radius 1 is 1.30 bits per heavy atom. The summed E-state index contributed by atoms with van der Waals surface area (Å²) in [5.74, 6) is 0. The fourth-order valence-electron chi connectivity index (χ4n) is 0.532. The molecule has 56 valence electrons. The van der Waals surface area contributed by atoms with Crippen LogP contribution in [0.2, 0.25) is 0 Å². The van der Waals surface area contributed by atoms with Crippen LogP contribution in [-0.2, 0) is 0 Å². The van der Waals surface area contributed by atoms with Crippen LogP contribution in [0.3, 0.4) is 0 Å². The lowest BCUT2D eigenvalue weighted by Gasteiger charge is -1.92. The van der Waals surface area contributed by atoms with Crippen molar-refractivity contribution in [2.24, 2.45) is 0 Å². The van der Waals surface area contributed by atoms with Gasteiger partial charge in [-0.25, -0.2) is 0 Å². The third-order valence-electron chi connectivity index (χ3n) is 1.03. The number of rotatable bonds is 5. The van der Waals surface area contributed by atoms with Gasteiger partial charge in [0.25, 0.3) is 0 Å². The van der Waals surface area contributed by atoms with Gasteiger partial charge in [-0.1, -0.05) is 37.0 Å². The van der Waals surface area contributed by atoms with Crippen LogP contribution in [0.1, 0.15) is 6.92 Å². The van der Waals surface area contributed by atoms with Crippen molar-refractivity contribution in [1.29, 1.82) is 0 Å². The van der Waals surface area contributed by atoms with Gasteiger partial charge in [0.15, 0.2) is 0 Å². The summed E-state index contributed by atoms with van der Waals surface area (Å²) < 4.78 is 0. The van der Waals surface area contributed by atoms with Crippen LogP contribution in [0.5, 0.6) is 0 Å². The van der Waals surface area contributed by atoms with Gasteiger partial charge in [0.05, 0.1) is 0 Å². The molecule has 0 fully saturated rings. The zero-order valence-corrected chi connectivity index (χ0v) is 6.51. The van der Waals surface area contributed by atoms with Crippen LogP contribution in [0.4, 0.5) is 0 Å². The normalized spacial score (nSPS) is 11.3. The molecule has 0 aliphatic rings. The molecule has 0 atom stereocenters. The van der Waals surface area contributed by atoms with E-state index in [0.29, 0.717) is 0 Å². The average molecular weight is 137 g/mol. The minimum atomic E-state index is 0.913. The molecule has 1 heteroatoms. The Morgan fingerprint density at radius 2 is 2.00 bits per heavy atom. The Labute approximate surface area is 63.1 Å². The fourth-order valence-corrected chi connectivity index (χ4v) is 0.532. The molecule has 10 heavy (non-hydrogen) atoms. The predicted molar refractivity (Wildman–Crippen MR) is 47.0 cm³/mol. The molecule has 0 saturated carbocycles. The Morgan fingerprint density at radius 3 is 2.60 bits per heavy atom. The molecular weight excluding hydrogens is 122 g/mol. The highest BCUT2D eigenvalue weighted by Crippen LogP contribution is 1.71. The summed E-state index contributed by atoms with van der Waals surface area (Å²) in [5.41, 5.74) is 0. The van der Waals surface area contributed by atoms with Gasteiger partial charge in [0.1, 0.15) is 0 Å². The third kappa shape index (κ3) is 7.18. The van der Waals surface area contributed by atoms with Crippen molar-refractivity contribution in [3.63, 3.8) is 0 Å². The minimum absolute atomic E-state index is 0.913. The maximum atomic E-state index is 3.57. The molecule has 0 heterocycles. The standard InChI is InChI=1S/C9H15N/c1-3-5-7-9-10-8-6-4-2/h3-7,10H,1,8-9H2,2H3/b6-4+,7-5-. The first kappa shape index (κ1) is 9.18. The molecule has 1 N–H and O–H groups in total. The molecule has 0 aromatic heterocycles. The summed E-state index contributed by atoms with van der Waals surface area (Å²) in [5, 5.41) is 3.20. The number of nitrogens with one attached hydrogen (secondary N) is 1. The van der Waals surface area contributed by atoms with Crippen molar-refractivity contribution in [2.45, 2.75) is 6.92 Å². The second-order valence-corrected chi connectivity index (χ2v) is 1.89. The molecule has 0 bridgehead atoms. The number of hydrogen-bond acceptors (Lipinski definition) is 1. The van der Waals surface area contributed by atoms with Crippen LogP contribution >= 0.6 is 0 Å². The van der Waals surface area contributed by atoms with E-state index in [2.05, 4.69) is 18.0 Å². The number of hydrogen-bond donors (Lipinski definition) is 1. The van der Waals surface area contributed by atoms with Gasteiger partial charge in [-0.3, -0.25) is 0 Å². The van der Waals surface area contributed by atoms with Crippen LogP contribution in [0, 0.1) is 0 Å². The van der Waals surface area contributed by atoms with E-state index in [0.717, 1.165) is 13.1 Å². The lowest BCUT2D eigenvalue weighted by Crippen LogP contribution is -2.12. The van der Waals surface area contributed by atoms with Crippen LogP contribution in [0.15, 0.2) is 37.0 Å². The van der Waals surface area contributed by atoms with Crippen molar-refractivity contribution < 1.29 is 0 Å². The number of allylic oxidation sites excluding steroid dienone is 3. The van der Waals surface area contributed by atoms with Gasteiger partial charge >= 0.3 is 0 Å². The molecule has 0 aromatic rings. The largest absolute Gasteiger partial charge is 0.310 e. The van der Waals surface area contributed by atoms with E-state index in [1.165, 1.54) is 0 Å². The Bertz CT molecular complexity index is 123. The van der Waals surface area contributed by atoms with Crippen LogP contribution in [-0.4, -0.2) is 13.1 Å². The van der Waals surface area contributed by atoms with Gasteiger partial charge < -0.3 is 5.32 Å². The Balaban J connectivity index is 3.04. The van der Waals surface area contributed by atoms with E-state index in [1.54, 1.807) is 6.08 Å². The highest BCUT2D eigenvalue weighted by Gasteiger charge is 1.73. The quantitative estimate of drug-likeness (QED) is 0.346. The first-order chi connectivity index (χ1) is 4.91. The fraction of sp³-hybridized carbons (Fsp3) is 0.333. The summed E-state index contributed by atoms with van der Waals surface area (Å²) in [7, 11) is 0. The monoisotopic (exact) mass is 137 g/mol. The van der Waals surface area contributed by atoms with Gasteiger partial charge in [0, 0.05) is 13.1 Å². The summed E-state index contributed by atoms with van der Waals surface area (Å²) in [6, 6.07) is 0. The van der Waals surface area contributed by atoms with Crippen LogP contribution in [0.25, 0.3) is 0 Å². The molecule has 0 aliphatic heterocycles. The van der Waals surface area contributed by atoms with Gasteiger partial charge in [-0.2, -0.15) is 0 Å². The second kappa shape index (κ2) is 8.18. The smallest absolute Gasteiger partial charge is 0.0140 e. The summed E-state index contributed by atoms with van der Waals surface area (Å²) in [4.78, 5) is 0. The van der Waals surface area contributed by atoms with Gasteiger partial charge in [0.2, 0.25) is 0 Å². The molecule has 0 saturated heterocycles. The third-order valence-corrected chi connectivity index (χ3v) is 1.03.